The number of carbonyl (C=O) groups excluding carboxylic acids is 3. The van der Waals surface area contributed by atoms with E-state index in [9.17, 15) is 14.4 Å². The van der Waals surface area contributed by atoms with E-state index in [4.69, 9.17) is 5.73 Å². The number of amides is 3. The molecule has 3 amide bonds. The average molecular weight is 285 g/mol. The molecule has 0 aliphatic rings. The molecule has 0 radical (unpaired) electrons. The highest BCUT2D eigenvalue weighted by atomic mass is 16.2. The second kappa shape index (κ2) is 6.83. The number of hydrogen-bond donors (Lipinski definition) is 2. The van der Waals surface area contributed by atoms with Crippen LogP contribution in [-0.4, -0.2) is 41.2 Å². The molecular weight excluding hydrogens is 258 g/mol. The van der Waals surface area contributed by atoms with Gasteiger partial charge in [0.15, 0.2) is 0 Å². The van der Waals surface area contributed by atoms with Gasteiger partial charge < -0.3 is 11.1 Å². The fraction of sp³-hybridized carbons (Fsp3) is 0.786. The van der Waals surface area contributed by atoms with Crippen LogP contribution in [0.2, 0.25) is 0 Å². The van der Waals surface area contributed by atoms with Crippen molar-refractivity contribution in [1.29, 1.82) is 0 Å². The lowest BCUT2D eigenvalue weighted by molar-refractivity contribution is -0.152. The Bertz CT molecular complexity index is 384. The third kappa shape index (κ3) is 6.65. The van der Waals surface area contributed by atoms with E-state index < -0.39 is 23.3 Å². The standard InChI is InChI=1S/C14H27N3O3/c1-10(18)17(8-7-15)12(20)11(19)16-14(5,6)9-13(2,3)4/h7-9,15H2,1-6H3,(H,16,19). The van der Waals surface area contributed by atoms with Crippen molar-refractivity contribution in [2.45, 2.75) is 53.5 Å². The van der Waals surface area contributed by atoms with Crippen LogP contribution in [-0.2, 0) is 14.4 Å². The van der Waals surface area contributed by atoms with Crippen molar-refractivity contribution in [3.63, 3.8) is 0 Å². The van der Waals surface area contributed by atoms with Crippen LogP contribution in [0, 0.1) is 5.41 Å². The van der Waals surface area contributed by atoms with Gasteiger partial charge in [-0.2, -0.15) is 0 Å². The van der Waals surface area contributed by atoms with Gasteiger partial charge in [0.25, 0.3) is 0 Å². The van der Waals surface area contributed by atoms with Gasteiger partial charge in [-0.15, -0.1) is 0 Å². The van der Waals surface area contributed by atoms with E-state index in [1.54, 1.807) is 0 Å². The Balaban J connectivity index is 4.82. The lowest BCUT2D eigenvalue weighted by Gasteiger charge is -2.33. The van der Waals surface area contributed by atoms with Gasteiger partial charge in [0.2, 0.25) is 5.91 Å². The minimum Gasteiger partial charge on any atom is -0.343 e. The molecule has 0 bridgehead atoms. The van der Waals surface area contributed by atoms with Crippen molar-refractivity contribution in [2.75, 3.05) is 13.1 Å². The first kappa shape index (κ1) is 18.6. The van der Waals surface area contributed by atoms with Crippen molar-refractivity contribution in [3.05, 3.63) is 0 Å². The Hall–Kier alpha value is -1.43. The van der Waals surface area contributed by atoms with Crippen molar-refractivity contribution >= 4 is 17.7 Å². The summed E-state index contributed by atoms with van der Waals surface area (Å²) in [6.45, 7) is 11.3. The number of imide groups is 1. The maximum absolute atomic E-state index is 12.0. The van der Waals surface area contributed by atoms with Crippen molar-refractivity contribution in [1.82, 2.24) is 10.2 Å². The van der Waals surface area contributed by atoms with Gasteiger partial charge >= 0.3 is 11.8 Å². The molecule has 0 atom stereocenters. The quantitative estimate of drug-likeness (QED) is 0.742. The Kier molecular flexibility index (Phi) is 6.34. The summed E-state index contributed by atoms with van der Waals surface area (Å²) in [5.41, 5.74) is 4.82. The van der Waals surface area contributed by atoms with E-state index in [0.29, 0.717) is 6.42 Å². The van der Waals surface area contributed by atoms with Crippen molar-refractivity contribution in [2.24, 2.45) is 11.1 Å². The number of rotatable bonds is 4. The Morgan fingerprint density at radius 1 is 1.10 bits per heavy atom. The van der Waals surface area contributed by atoms with Crippen LogP contribution in [0.4, 0.5) is 0 Å². The van der Waals surface area contributed by atoms with Gasteiger partial charge in [-0.3, -0.25) is 19.3 Å². The molecule has 0 aromatic heterocycles. The van der Waals surface area contributed by atoms with Crippen LogP contribution in [0.25, 0.3) is 0 Å². The molecule has 0 heterocycles. The zero-order valence-corrected chi connectivity index (χ0v) is 13.4. The molecule has 0 fully saturated rings. The first-order chi connectivity index (χ1) is 8.89. The molecule has 0 aromatic rings. The minimum atomic E-state index is -0.857. The molecule has 0 aliphatic carbocycles. The SMILES string of the molecule is CC(=O)N(CCN)C(=O)C(=O)NC(C)(C)CC(C)(C)C. The molecule has 3 N–H and O–H groups in total. The van der Waals surface area contributed by atoms with Crippen LogP contribution < -0.4 is 11.1 Å². The average Bonchev–Trinajstić information content (AvgIpc) is 2.19. The molecule has 116 valence electrons. The second-order valence-corrected chi connectivity index (χ2v) is 6.84. The summed E-state index contributed by atoms with van der Waals surface area (Å²) in [6.07, 6.45) is 0.704. The molecule has 0 rings (SSSR count). The summed E-state index contributed by atoms with van der Waals surface area (Å²) in [7, 11) is 0. The fourth-order valence-corrected chi connectivity index (χ4v) is 2.38. The second-order valence-electron chi connectivity index (χ2n) is 6.84. The lowest BCUT2D eigenvalue weighted by Crippen LogP contribution is -2.53. The topological polar surface area (TPSA) is 92.5 Å². The van der Waals surface area contributed by atoms with E-state index in [2.05, 4.69) is 26.1 Å². The normalized spacial score (nSPS) is 11.9. The van der Waals surface area contributed by atoms with Crippen LogP contribution in [0.15, 0.2) is 0 Å². The van der Waals surface area contributed by atoms with Gasteiger partial charge in [0.05, 0.1) is 0 Å². The molecule has 0 spiro atoms. The number of nitrogens with two attached hydrogens (primary N) is 1. The third-order valence-corrected chi connectivity index (χ3v) is 2.60. The fourth-order valence-electron chi connectivity index (χ4n) is 2.38. The molecule has 0 unspecified atom stereocenters. The minimum absolute atomic E-state index is 0.0113. The van der Waals surface area contributed by atoms with Gasteiger partial charge in [0, 0.05) is 25.6 Å². The first-order valence-electron chi connectivity index (χ1n) is 6.74. The lowest BCUT2D eigenvalue weighted by atomic mass is 9.82. The maximum atomic E-state index is 12.0. The predicted octanol–water partition coefficient (Wildman–Crippen LogP) is 0.651. The number of nitrogens with zero attached hydrogens (tertiary/aromatic N) is 1. The molecule has 20 heavy (non-hydrogen) atoms. The van der Waals surface area contributed by atoms with Gasteiger partial charge in [-0.25, -0.2) is 0 Å². The molecular formula is C14H27N3O3. The monoisotopic (exact) mass is 285 g/mol. The van der Waals surface area contributed by atoms with Crippen LogP contribution in [0.5, 0.6) is 0 Å². The molecule has 6 nitrogen and oxygen atoms in total. The summed E-state index contributed by atoms with van der Waals surface area (Å²) in [6, 6.07) is 0. The predicted molar refractivity (Wildman–Crippen MR) is 77.7 cm³/mol. The Morgan fingerprint density at radius 3 is 1.95 bits per heavy atom. The third-order valence-electron chi connectivity index (χ3n) is 2.60. The highest BCUT2D eigenvalue weighted by molar-refractivity contribution is 6.37. The highest BCUT2D eigenvalue weighted by Crippen LogP contribution is 2.26. The van der Waals surface area contributed by atoms with E-state index in [-0.39, 0.29) is 18.5 Å². The Labute approximate surface area is 121 Å². The van der Waals surface area contributed by atoms with Crippen LogP contribution >= 0.6 is 0 Å². The zero-order chi connectivity index (χ0) is 16.1. The summed E-state index contributed by atoms with van der Waals surface area (Å²) in [4.78, 5) is 36.1. The number of carbonyl (C=O) groups is 3. The van der Waals surface area contributed by atoms with E-state index in [1.165, 1.54) is 6.92 Å². The van der Waals surface area contributed by atoms with E-state index in [1.807, 2.05) is 13.8 Å². The molecule has 0 aliphatic heterocycles. The van der Waals surface area contributed by atoms with Crippen LogP contribution in [0.3, 0.4) is 0 Å². The first-order valence-corrected chi connectivity index (χ1v) is 6.74. The smallest absolute Gasteiger partial charge is 0.318 e. The van der Waals surface area contributed by atoms with E-state index in [0.717, 1.165) is 4.90 Å². The van der Waals surface area contributed by atoms with Gasteiger partial charge in [0.1, 0.15) is 0 Å². The van der Waals surface area contributed by atoms with E-state index >= 15 is 0 Å². The maximum Gasteiger partial charge on any atom is 0.318 e. The summed E-state index contributed by atoms with van der Waals surface area (Å²) >= 11 is 0. The highest BCUT2D eigenvalue weighted by Gasteiger charge is 2.31. The molecule has 6 heteroatoms. The van der Waals surface area contributed by atoms with Gasteiger partial charge in [-0.05, 0) is 25.7 Å². The van der Waals surface area contributed by atoms with Crippen LogP contribution in [0.1, 0.15) is 48.0 Å². The van der Waals surface area contributed by atoms with Crippen molar-refractivity contribution < 1.29 is 14.4 Å². The summed E-state index contributed by atoms with van der Waals surface area (Å²) in [5.74, 6) is -2.11. The molecule has 0 saturated heterocycles. The van der Waals surface area contributed by atoms with Crippen molar-refractivity contribution in [3.8, 4) is 0 Å². The summed E-state index contributed by atoms with van der Waals surface area (Å²) < 4.78 is 0. The summed E-state index contributed by atoms with van der Waals surface area (Å²) in [5, 5.41) is 2.68. The zero-order valence-electron chi connectivity index (χ0n) is 13.4. The number of hydrogen-bond acceptors (Lipinski definition) is 4. The van der Waals surface area contributed by atoms with Gasteiger partial charge in [-0.1, -0.05) is 20.8 Å². The molecule has 0 aromatic carbocycles. The molecule has 0 saturated carbocycles. The number of nitrogens with one attached hydrogen (secondary N) is 1. The largest absolute Gasteiger partial charge is 0.343 e. The Morgan fingerprint density at radius 2 is 1.60 bits per heavy atom.